The van der Waals surface area contributed by atoms with Crippen LogP contribution in [0, 0.1) is 0 Å². The Morgan fingerprint density at radius 1 is 1.14 bits per heavy atom. The van der Waals surface area contributed by atoms with Crippen molar-refractivity contribution in [3.8, 4) is 15.8 Å². The summed E-state index contributed by atoms with van der Waals surface area (Å²) in [6, 6.07) is 9.24. The lowest BCUT2D eigenvalue weighted by molar-refractivity contribution is 0.0902. The lowest BCUT2D eigenvalue weighted by Crippen LogP contribution is -2.44. The molecule has 146 valence electrons. The van der Waals surface area contributed by atoms with Gasteiger partial charge < -0.3 is 5.32 Å². The minimum absolute atomic E-state index is 0.0925. The summed E-state index contributed by atoms with van der Waals surface area (Å²) in [5.74, 6) is 1.64. The highest BCUT2D eigenvalue weighted by molar-refractivity contribution is 7.18. The third kappa shape index (κ3) is 3.57. The Morgan fingerprint density at radius 3 is 2.72 bits per heavy atom. The summed E-state index contributed by atoms with van der Waals surface area (Å²) in [6.45, 7) is 0. The first-order chi connectivity index (χ1) is 14.2. The number of thiophene rings is 1. The molecule has 1 N–H and O–H groups in total. The number of amides is 1. The van der Waals surface area contributed by atoms with E-state index in [0.717, 1.165) is 34.5 Å². The molecule has 0 atom stereocenters. The largest absolute Gasteiger partial charge is 0.348 e. The van der Waals surface area contributed by atoms with E-state index in [1.807, 2.05) is 22.1 Å². The van der Waals surface area contributed by atoms with E-state index >= 15 is 0 Å². The number of hydrogen-bond acceptors (Lipinski definition) is 7. The van der Waals surface area contributed by atoms with Gasteiger partial charge in [-0.1, -0.05) is 17.7 Å². The van der Waals surface area contributed by atoms with E-state index in [-0.39, 0.29) is 17.9 Å². The van der Waals surface area contributed by atoms with Crippen molar-refractivity contribution in [3.63, 3.8) is 0 Å². The van der Waals surface area contributed by atoms with E-state index in [1.54, 1.807) is 30.6 Å². The third-order valence-corrected chi connectivity index (χ3v) is 6.81. The highest BCUT2D eigenvalue weighted by Crippen LogP contribution is 2.40. The molecule has 1 fully saturated rings. The van der Waals surface area contributed by atoms with Crippen LogP contribution in [0.25, 0.3) is 15.8 Å². The SMILES string of the molecule is O=C(N[C@H]1C[C@H](c2nnc(-c3nccs3)n2-c2ccc(Cl)s2)C1)c1ccccn1. The predicted molar refractivity (Wildman–Crippen MR) is 113 cm³/mol. The fourth-order valence-corrected chi connectivity index (χ4v) is 5.03. The lowest BCUT2D eigenvalue weighted by atomic mass is 9.79. The smallest absolute Gasteiger partial charge is 0.270 e. The Bertz CT molecular complexity index is 1130. The molecule has 5 rings (SSSR count). The van der Waals surface area contributed by atoms with Crippen molar-refractivity contribution >= 4 is 40.2 Å². The minimum Gasteiger partial charge on any atom is -0.348 e. The van der Waals surface area contributed by atoms with E-state index in [4.69, 9.17) is 11.6 Å². The van der Waals surface area contributed by atoms with Crippen molar-refractivity contribution < 1.29 is 4.79 Å². The summed E-state index contributed by atoms with van der Waals surface area (Å²) in [7, 11) is 0. The Morgan fingerprint density at radius 2 is 2.03 bits per heavy atom. The summed E-state index contributed by atoms with van der Waals surface area (Å²) in [6.07, 6.45) is 4.97. The number of nitrogens with one attached hydrogen (secondary N) is 1. The van der Waals surface area contributed by atoms with Crippen molar-refractivity contribution in [2.75, 3.05) is 0 Å². The van der Waals surface area contributed by atoms with Gasteiger partial charge in [0.05, 0.1) is 4.34 Å². The molecule has 0 aromatic carbocycles. The molecule has 1 aliphatic rings. The number of halogens is 1. The highest BCUT2D eigenvalue weighted by Gasteiger charge is 2.36. The summed E-state index contributed by atoms with van der Waals surface area (Å²) >= 11 is 9.17. The van der Waals surface area contributed by atoms with Crippen LogP contribution < -0.4 is 5.32 Å². The third-order valence-electron chi connectivity index (χ3n) is 4.83. The maximum Gasteiger partial charge on any atom is 0.270 e. The van der Waals surface area contributed by atoms with Gasteiger partial charge in [-0.05, 0) is 37.1 Å². The zero-order valence-corrected chi connectivity index (χ0v) is 17.4. The second-order valence-corrected chi connectivity index (χ2v) is 9.27. The van der Waals surface area contributed by atoms with E-state index in [1.165, 1.54) is 22.7 Å². The normalized spacial score (nSPS) is 18.4. The Kier molecular flexibility index (Phi) is 4.86. The van der Waals surface area contributed by atoms with E-state index < -0.39 is 0 Å². The molecule has 0 aliphatic heterocycles. The summed E-state index contributed by atoms with van der Waals surface area (Å²) in [4.78, 5) is 20.8. The van der Waals surface area contributed by atoms with Crippen molar-refractivity contribution in [2.24, 2.45) is 0 Å². The molecule has 1 saturated carbocycles. The topological polar surface area (TPSA) is 85.6 Å². The Balaban J connectivity index is 1.37. The zero-order chi connectivity index (χ0) is 19.8. The molecular weight excluding hydrogens is 428 g/mol. The van der Waals surface area contributed by atoms with Crippen molar-refractivity contribution in [1.29, 1.82) is 0 Å². The van der Waals surface area contributed by atoms with Gasteiger partial charge in [0.2, 0.25) is 0 Å². The molecule has 0 spiro atoms. The second kappa shape index (κ2) is 7.66. The van der Waals surface area contributed by atoms with Crippen LogP contribution in [0.3, 0.4) is 0 Å². The van der Waals surface area contributed by atoms with Gasteiger partial charge in [0.1, 0.15) is 16.5 Å². The van der Waals surface area contributed by atoms with Crippen LogP contribution in [0.5, 0.6) is 0 Å². The van der Waals surface area contributed by atoms with Crippen molar-refractivity contribution in [1.82, 2.24) is 30.0 Å². The maximum atomic E-state index is 12.3. The van der Waals surface area contributed by atoms with Gasteiger partial charge >= 0.3 is 0 Å². The van der Waals surface area contributed by atoms with Gasteiger partial charge in [-0.15, -0.1) is 32.9 Å². The van der Waals surface area contributed by atoms with E-state index in [2.05, 4.69) is 25.5 Å². The Labute approximate surface area is 179 Å². The van der Waals surface area contributed by atoms with Crippen LogP contribution in [0.2, 0.25) is 4.34 Å². The molecule has 4 heterocycles. The van der Waals surface area contributed by atoms with Crippen LogP contribution in [0.15, 0.2) is 48.1 Å². The number of carbonyl (C=O) groups excluding carboxylic acids is 1. The van der Waals surface area contributed by atoms with Gasteiger partial charge in [-0.25, -0.2) is 4.98 Å². The fourth-order valence-electron chi connectivity index (χ4n) is 3.38. The molecule has 7 nitrogen and oxygen atoms in total. The molecule has 1 amide bonds. The van der Waals surface area contributed by atoms with Gasteiger partial charge in [0.25, 0.3) is 5.91 Å². The molecule has 4 aromatic rings. The molecule has 29 heavy (non-hydrogen) atoms. The van der Waals surface area contributed by atoms with Crippen LogP contribution in [0.1, 0.15) is 35.1 Å². The highest BCUT2D eigenvalue weighted by atomic mass is 35.5. The first kappa shape index (κ1) is 18.4. The lowest BCUT2D eigenvalue weighted by Gasteiger charge is -2.35. The number of rotatable bonds is 5. The molecule has 0 saturated heterocycles. The molecule has 0 radical (unpaired) electrons. The standard InChI is InChI=1S/C19H15ClN6OS2/c20-14-4-5-15(29-14)26-16(24-25-17(26)19-22-7-8-28-19)11-9-12(10-11)23-18(27)13-3-1-2-6-21-13/h1-8,11-12H,9-10H2,(H,23,27)/t11-,12-. The molecule has 0 unspecified atom stereocenters. The van der Waals surface area contributed by atoms with Crippen molar-refractivity contribution in [3.05, 3.63) is 64.0 Å². The predicted octanol–water partition coefficient (Wildman–Crippen LogP) is 4.18. The molecule has 10 heteroatoms. The molecule has 0 bridgehead atoms. The minimum atomic E-state index is -0.149. The van der Waals surface area contributed by atoms with E-state index in [0.29, 0.717) is 10.0 Å². The molecule has 4 aromatic heterocycles. The number of hydrogen-bond donors (Lipinski definition) is 1. The molecule has 1 aliphatic carbocycles. The number of pyridine rings is 1. The number of carbonyl (C=O) groups is 1. The van der Waals surface area contributed by atoms with E-state index in [9.17, 15) is 4.79 Å². The first-order valence-corrected chi connectivity index (χ1v) is 11.1. The van der Waals surface area contributed by atoms with Crippen LogP contribution in [-0.4, -0.2) is 36.7 Å². The molecular formula is C19H15ClN6OS2. The number of aromatic nitrogens is 5. The van der Waals surface area contributed by atoms with Gasteiger partial charge in [0, 0.05) is 29.7 Å². The van der Waals surface area contributed by atoms with Crippen molar-refractivity contribution in [2.45, 2.75) is 24.8 Å². The summed E-state index contributed by atoms with van der Waals surface area (Å²) < 4.78 is 2.75. The zero-order valence-electron chi connectivity index (χ0n) is 15.0. The van der Waals surface area contributed by atoms with Crippen LogP contribution in [0.4, 0.5) is 0 Å². The summed E-state index contributed by atoms with van der Waals surface area (Å²) in [5, 5.41) is 15.6. The van der Waals surface area contributed by atoms with Crippen LogP contribution in [-0.2, 0) is 0 Å². The van der Waals surface area contributed by atoms with Gasteiger partial charge in [0.15, 0.2) is 10.8 Å². The van der Waals surface area contributed by atoms with Gasteiger partial charge in [-0.3, -0.25) is 14.3 Å². The quantitative estimate of drug-likeness (QED) is 0.501. The Hall–Kier alpha value is -2.62. The summed E-state index contributed by atoms with van der Waals surface area (Å²) in [5.41, 5.74) is 0.429. The average molecular weight is 443 g/mol. The number of nitrogens with zero attached hydrogens (tertiary/aromatic N) is 5. The fraction of sp³-hybridized carbons (Fsp3) is 0.211. The average Bonchev–Trinajstić information content (AvgIpc) is 3.44. The number of thiazole rings is 1. The maximum absolute atomic E-state index is 12.3. The van der Waals surface area contributed by atoms with Crippen LogP contribution >= 0.6 is 34.3 Å². The second-order valence-electron chi connectivity index (χ2n) is 6.69. The first-order valence-electron chi connectivity index (χ1n) is 9.02. The monoisotopic (exact) mass is 442 g/mol. The van der Waals surface area contributed by atoms with Gasteiger partial charge in [-0.2, -0.15) is 0 Å².